The smallest absolute Gasteiger partial charge is 0.238 e. The van der Waals surface area contributed by atoms with Gasteiger partial charge < -0.3 is 20.3 Å². The number of para-hydroxylation sites is 1. The first-order valence-electron chi connectivity index (χ1n) is 11.9. The average molecular weight is 482 g/mol. The number of nitrogens with zero attached hydrogens (tertiary/aromatic N) is 3. The molecule has 3 rings (SSSR count). The van der Waals surface area contributed by atoms with E-state index in [2.05, 4.69) is 22.5 Å². The Morgan fingerprint density at radius 2 is 1.60 bits per heavy atom. The lowest BCUT2D eigenvalue weighted by atomic mass is 10.1. The number of hydrogen-bond acceptors (Lipinski definition) is 6. The first-order valence-corrected chi connectivity index (χ1v) is 11.9. The van der Waals surface area contributed by atoms with Crippen LogP contribution in [0.15, 0.2) is 48.5 Å². The maximum absolute atomic E-state index is 12.7. The van der Waals surface area contributed by atoms with Crippen LogP contribution in [0.1, 0.15) is 12.5 Å². The van der Waals surface area contributed by atoms with Crippen molar-refractivity contribution in [2.45, 2.75) is 13.3 Å². The predicted octanol–water partition coefficient (Wildman–Crippen LogP) is 1.91. The van der Waals surface area contributed by atoms with Crippen LogP contribution in [0.3, 0.4) is 0 Å². The van der Waals surface area contributed by atoms with Crippen LogP contribution in [0.2, 0.25) is 0 Å². The third-order valence-corrected chi connectivity index (χ3v) is 5.96. The number of nitrogens with one attached hydrogen (secondary N) is 2. The van der Waals surface area contributed by atoms with Gasteiger partial charge in [0, 0.05) is 37.6 Å². The summed E-state index contributed by atoms with van der Waals surface area (Å²) in [5.74, 6) is 0.457. The molecule has 2 N–H and O–H groups in total. The van der Waals surface area contributed by atoms with Crippen molar-refractivity contribution in [2.75, 3.05) is 70.6 Å². The number of rotatable bonds is 10. The maximum Gasteiger partial charge on any atom is 0.238 e. The minimum absolute atomic E-state index is 0.0225. The van der Waals surface area contributed by atoms with Crippen LogP contribution in [-0.4, -0.2) is 92.4 Å². The molecule has 0 spiro atoms. The molecule has 0 unspecified atom stereocenters. The maximum atomic E-state index is 12.7. The van der Waals surface area contributed by atoms with Gasteiger partial charge >= 0.3 is 0 Å². The third kappa shape index (κ3) is 8.08. The molecule has 1 heterocycles. The standard InChI is InChI=1S/C26H35N5O4/c1-4-20-7-5-6-8-23(20)28-25(33)18-30-13-15-31(16-14-30)26(34)19-29(2)17-24(32)27-21-9-11-22(35-3)12-10-21/h5-12H,4,13-19H2,1-3H3,(H,27,32)(H,28,33). The van der Waals surface area contributed by atoms with E-state index in [1.54, 1.807) is 48.2 Å². The van der Waals surface area contributed by atoms with Crippen molar-refractivity contribution in [3.05, 3.63) is 54.1 Å². The van der Waals surface area contributed by atoms with E-state index in [9.17, 15) is 14.4 Å². The summed E-state index contributed by atoms with van der Waals surface area (Å²) in [4.78, 5) is 43.0. The Labute approximate surface area is 207 Å². The van der Waals surface area contributed by atoms with Crippen molar-refractivity contribution >= 4 is 29.1 Å². The van der Waals surface area contributed by atoms with Crippen LogP contribution in [0.5, 0.6) is 5.75 Å². The van der Waals surface area contributed by atoms with Crippen LogP contribution >= 0.6 is 0 Å². The van der Waals surface area contributed by atoms with E-state index in [4.69, 9.17) is 4.74 Å². The molecule has 9 heteroatoms. The molecule has 0 saturated carbocycles. The lowest BCUT2D eigenvalue weighted by molar-refractivity contribution is -0.134. The summed E-state index contributed by atoms with van der Waals surface area (Å²) in [6.45, 7) is 5.01. The summed E-state index contributed by atoms with van der Waals surface area (Å²) in [6.07, 6.45) is 0.856. The van der Waals surface area contributed by atoms with Gasteiger partial charge in [0.25, 0.3) is 0 Å². The summed E-state index contributed by atoms with van der Waals surface area (Å²) < 4.78 is 5.11. The SMILES string of the molecule is CCc1ccccc1NC(=O)CN1CCN(C(=O)CN(C)CC(=O)Nc2ccc(OC)cc2)CC1. The number of piperazine rings is 1. The fraction of sp³-hybridized carbons (Fsp3) is 0.423. The molecule has 2 aromatic rings. The number of methoxy groups -OCH3 is 1. The molecule has 1 saturated heterocycles. The number of hydrogen-bond donors (Lipinski definition) is 2. The van der Waals surface area contributed by atoms with Crippen LogP contribution in [-0.2, 0) is 20.8 Å². The van der Waals surface area contributed by atoms with Gasteiger partial charge in [-0.2, -0.15) is 0 Å². The number of carbonyl (C=O) groups excluding carboxylic acids is 3. The van der Waals surface area contributed by atoms with Crippen molar-refractivity contribution in [1.82, 2.24) is 14.7 Å². The Hall–Kier alpha value is -3.43. The minimum Gasteiger partial charge on any atom is -0.497 e. The van der Waals surface area contributed by atoms with E-state index in [0.717, 1.165) is 17.7 Å². The van der Waals surface area contributed by atoms with Crippen molar-refractivity contribution in [2.24, 2.45) is 0 Å². The largest absolute Gasteiger partial charge is 0.497 e. The molecule has 2 aromatic carbocycles. The van der Waals surface area contributed by atoms with Gasteiger partial charge in [-0.05, 0) is 49.4 Å². The average Bonchev–Trinajstić information content (AvgIpc) is 2.85. The van der Waals surface area contributed by atoms with E-state index in [1.807, 2.05) is 24.3 Å². The number of ether oxygens (including phenoxy) is 1. The second-order valence-corrected chi connectivity index (χ2v) is 8.66. The molecule has 9 nitrogen and oxygen atoms in total. The molecule has 0 aromatic heterocycles. The summed E-state index contributed by atoms with van der Waals surface area (Å²) in [7, 11) is 3.34. The highest BCUT2D eigenvalue weighted by molar-refractivity contribution is 5.93. The molecule has 0 aliphatic carbocycles. The van der Waals surface area contributed by atoms with Gasteiger partial charge in [0.1, 0.15) is 5.75 Å². The number of aryl methyl sites for hydroxylation is 1. The first-order chi connectivity index (χ1) is 16.9. The Morgan fingerprint density at radius 3 is 2.26 bits per heavy atom. The highest BCUT2D eigenvalue weighted by atomic mass is 16.5. The molecule has 3 amide bonds. The zero-order chi connectivity index (χ0) is 25.2. The van der Waals surface area contributed by atoms with Crippen LogP contribution in [0.4, 0.5) is 11.4 Å². The van der Waals surface area contributed by atoms with Gasteiger partial charge in [-0.25, -0.2) is 0 Å². The number of amides is 3. The van der Waals surface area contributed by atoms with Gasteiger partial charge in [0.15, 0.2) is 0 Å². The minimum atomic E-state index is -0.189. The van der Waals surface area contributed by atoms with Gasteiger partial charge in [-0.15, -0.1) is 0 Å². The number of benzene rings is 2. The van der Waals surface area contributed by atoms with Gasteiger partial charge in [0.2, 0.25) is 17.7 Å². The Morgan fingerprint density at radius 1 is 0.914 bits per heavy atom. The molecular formula is C26H35N5O4. The van der Waals surface area contributed by atoms with Crippen molar-refractivity contribution < 1.29 is 19.1 Å². The van der Waals surface area contributed by atoms with Gasteiger partial charge in [0.05, 0.1) is 26.7 Å². The van der Waals surface area contributed by atoms with Crippen molar-refractivity contribution in [1.29, 1.82) is 0 Å². The van der Waals surface area contributed by atoms with Gasteiger partial charge in [-0.3, -0.25) is 24.2 Å². The van der Waals surface area contributed by atoms with Crippen LogP contribution in [0, 0.1) is 0 Å². The molecule has 35 heavy (non-hydrogen) atoms. The summed E-state index contributed by atoms with van der Waals surface area (Å²) in [5, 5.41) is 5.82. The van der Waals surface area contributed by atoms with E-state index in [0.29, 0.717) is 44.2 Å². The van der Waals surface area contributed by atoms with Crippen LogP contribution < -0.4 is 15.4 Å². The summed E-state index contributed by atoms with van der Waals surface area (Å²) in [5.41, 5.74) is 2.64. The second kappa shape index (κ2) is 12.9. The van der Waals surface area contributed by atoms with E-state index < -0.39 is 0 Å². The lowest BCUT2D eigenvalue weighted by Crippen LogP contribution is -2.52. The predicted molar refractivity (Wildman–Crippen MR) is 137 cm³/mol. The Balaban J connectivity index is 1.37. The zero-order valence-corrected chi connectivity index (χ0v) is 20.8. The molecule has 1 aliphatic rings. The number of anilines is 2. The first kappa shape index (κ1) is 26.2. The highest BCUT2D eigenvalue weighted by Crippen LogP contribution is 2.16. The zero-order valence-electron chi connectivity index (χ0n) is 20.8. The third-order valence-electron chi connectivity index (χ3n) is 5.96. The van der Waals surface area contributed by atoms with Gasteiger partial charge in [-0.1, -0.05) is 25.1 Å². The Bertz CT molecular complexity index is 1000. The quantitative estimate of drug-likeness (QED) is 0.539. The molecule has 1 fully saturated rings. The van der Waals surface area contributed by atoms with E-state index in [1.165, 1.54) is 0 Å². The highest BCUT2D eigenvalue weighted by Gasteiger charge is 2.23. The molecular weight excluding hydrogens is 446 g/mol. The molecule has 188 valence electrons. The van der Waals surface area contributed by atoms with Crippen molar-refractivity contribution in [3.8, 4) is 5.75 Å². The lowest BCUT2D eigenvalue weighted by Gasteiger charge is -2.35. The molecule has 1 aliphatic heterocycles. The molecule has 0 bridgehead atoms. The number of likely N-dealkylation sites (N-methyl/N-ethyl adjacent to an activating group) is 1. The number of carbonyl (C=O) groups is 3. The fourth-order valence-corrected chi connectivity index (χ4v) is 4.01. The second-order valence-electron chi connectivity index (χ2n) is 8.66. The monoisotopic (exact) mass is 481 g/mol. The summed E-state index contributed by atoms with van der Waals surface area (Å²) >= 11 is 0. The summed E-state index contributed by atoms with van der Waals surface area (Å²) in [6, 6.07) is 14.9. The molecule has 0 atom stereocenters. The van der Waals surface area contributed by atoms with E-state index in [-0.39, 0.29) is 30.8 Å². The molecule has 0 radical (unpaired) electrons. The normalized spacial score (nSPS) is 14.0. The van der Waals surface area contributed by atoms with Crippen LogP contribution in [0.25, 0.3) is 0 Å². The fourth-order valence-electron chi connectivity index (χ4n) is 4.01. The van der Waals surface area contributed by atoms with Crippen molar-refractivity contribution in [3.63, 3.8) is 0 Å². The topological polar surface area (TPSA) is 94.2 Å². The Kier molecular flexibility index (Phi) is 9.63. The van der Waals surface area contributed by atoms with E-state index >= 15 is 0 Å².